The van der Waals surface area contributed by atoms with Crippen molar-refractivity contribution >= 4 is 29.1 Å². The summed E-state index contributed by atoms with van der Waals surface area (Å²) in [7, 11) is 0. The first-order valence-corrected chi connectivity index (χ1v) is 7.39. The molecule has 1 aromatic rings. The summed E-state index contributed by atoms with van der Waals surface area (Å²) in [6, 6.07) is 4.89. The second kappa shape index (κ2) is 9.06. The van der Waals surface area contributed by atoms with E-state index in [1.165, 1.54) is 0 Å². The first kappa shape index (κ1) is 17.1. The normalized spacial score (nSPS) is 10.7. The Bertz CT molecular complexity index is 437. The Morgan fingerprint density at radius 1 is 1.30 bits per heavy atom. The smallest absolute Gasteiger partial charge is 0.257 e. The molecule has 0 spiro atoms. The standard InChI is InChI=1S/C14H20Cl2N2O2/c1-3-18(4-2)8-7-17-14(19)10-20-13-6-5-11(15)9-12(13)16/h5-6,9H,3-4,7-8,10H2,1-2H3,(H,17,19). The van der Waals surface area contributed by atoms with Crippen molar-refractivity contribution in [1.82, 2.24) is 10.2 Å². The molecule has 0 aliphatic carbocycles. The minimum absolute atomic E-state index is 0.0560. The van der Waals surface area contributed by atoms with Crippen LogP contribution in [-0.4, -0.2) is 43.6 Å². The lowest BCUT2D eigenvalue weighted by Gasteiger charge is -2.18. The molecule has 0 fully saturated rings. The predicted octanol–water partition coefficient (Wildman–Crippen LogP) is 2.83. The average molecular weight is 319 g/mol. The summed E-state index contributed by atoms with van der Waals surface area (Å²) >= 11 is 11.7. The molecule has 0 saturated heterocycles. The molecule has 0 bridgehead atoms. The van der Waals surface area contributed by atoms with E-state index in [2.05, 4.69) is 24.1 Å². The Morgan fingerprint density at radius 3 is 2.60 bits per heavy atom. The molecule has 20 heavy (non-hydrogen) atoms. The van der Waals surface area contributed by atoms with Crippen LogP contribution in [0.3, 0.4) is 0 Å². The van der Waals surface area contributed by atoms with Crippen LogP contribution in [0.15, 0.2) is 18.2 Å². The van der Waals surface area contributed by atoms with Crippen LogP contribution >= 0.6 is 23.2 Å². The van der Waals surface area contributed by atoms with E-state index in [1.54, 1.807) is 18.2 Å². The lowest BCUT2D eigenvalue weighted by molar-refractivity contribution is -0.123. The fraction of sp³-hybridized carbons (Fsp3) is 0.500. The molecule has 0 atom stereocenters. The van der Waals surface area contributed by atoms with Crippen LogP contribution < -0.4 is 10.1 Å². The number of likely N-dealkylation sites (N-methyl/N-ethyl adjacent to an activating group) is 1. The zero-order valence-corrected chi connectivity index (χ0v) is 13.3. The molecule has 1 rings (SSSR count). The van der Waals surface area contributed by atoms with Crippen molar-refractivity contribution in [1.29, 1.82) is 0 Å². The second-order valence-corrected chi connectivity index (χ2v) is 5.08. The number of benzene rings is 1. The molecule has 0 radical (unpaired) electrons. The van der Waals surface area contributed by atoms with E-state index in [0.717, 1.165) is 19.6 Å². The monoisotopic (exact) mass is 318 g/mol. The fourth-order valence-corrected chi connectivity index (χ4v) is 2.14. The maximum absolute atomic E-state index is 11.6. The molecule has 112 valence electrons. The first-order valence-electron chi connectivity index (χ1n) is 6.63. The van der Waals surface area contributed by atoms with Gasteiger partial charge in [-0.3, -0.25) is 4.79 Å². The molecule has 0 saturated carbocycles. The molecule has 1 N–H and O–H groups in total. The molecular formula is C14H20Cl2N2O2. The number of hydrogen-bond donors (Lipinski definition) is 1. The molecule has 0 unspecified atom stereocenters. The van der Waals surface area contributed by atoms with Crippen molar-refractivity contribution in [2.24, 2.45) is 0 Å². The van der Waals surface area contributed by atoms with Crippen LogP contribution in [0, 0.1) is 0 Å². The van der Waals surface area contributed by atoms with Crippen LogP contribution in [-0.2, 0) is 4.79 Å². The van der Waals surface area contributed by atoms with Crippen LogP contribution in [0.2, 0.25) is 10.0 Å². The number of halogens is 2. The van der Waals surface area contributed by atoms with Gasteiger partial charge in [-0.05, 0) is 31.3 Å². The predicted molar refractivity (Wildman–Crippen MR) is 82.8 cm³/mol. The summed E-state index contributed by atoms with van der Waals surface area (Å²) in [5.41, 5.74) is 0. The van der Waals surface area contributed by atoms with Gasteiger partial charge >= 0.3 is 0 Å². The van der Waals surface area contributed by atoms with Gasteiger partial charge in [0.2, 0.25) is 0 Å². The highest BCUT2D eigenvalue weighted by atomic mass is 35.5. The zero-order valence-electron chi connectivity index (χ0n) is 11.8. The number of nitrogens with one attached hydrogen (secondary N) is 1. The summed E-state index contributed by atoms with van der Waals surface area (Å²) in [5.74, 6) is 0.290. The van der Waals surface area contributed by atoms with Crippen molar-refractivity contribution in [2.75, 3.05) is 32.8 Å². The summed E-state index contributed by atoms with van der Waals surface area (Å²) < 4.78 is 5.35. The third-order valence-electron chi connectivity index (χ3n) is 2.90. The molecule has 0 heterocycles. The molecular weight excluding hydrogens is 299 g/mol. The highest BCUT2D eigenvalue weighted by molar-refractivity contribution is 6.35. The fourth-order valence-electron chi connectivity index (χ4n) is 1.68. The van der Waals surface area contributed by atoms with Gasteiger partial charge in [-0.25, -0.2) is 0 Å². The van der Waals surface area contributed by atoms with Crippen molar-refractivity contribution < 1.29 is 9.53 Å². The van der Waals surface area contributed by atoms with Crippen LogP contribution in [0.5, 0.6) is 5.75 Å². The Kier molecular flexibility index (Phi) is 7.73. The van der Waals surface area contributed by atoms with E-state index < -0.39 is 0 Å². The maximum atomic E-state index is 11.6. The van der Waals surface area contributed by atoms with Gasteiger partial charge in [-0.2, -0.15) is 0 Å². The average Bonchev–Trinajstić information content (AvgIpc) is 2.42. The zero-order chi connectivity index (χ0) is 15.0. The van der Waals surface area contributed by atoms with Crippen molar-refractivity contribution in [3.63, 3.8) is 0 Å². The van der Waals surface area contributed by atoms with E-state index in [1.807, 2.05) is 0 Å². The maximum Gasteiger partial charge on any atom is 0.257 e. The van der Waals surface area contributed by atoms with Gasteiger partial charge in [0, 0.05) is 18.1 Å². The Balaban J connectivity index is 2.29. The Morgan fingerprint density at radius 2 is 2.00 bits per heavy atom. The molecule has 4 nitrogen and oxygen atoms in total. The highest BCUT2D eigenvalue weighted by Gasteiger charge is 2.06. The molecule has 0 aromatic heterocycles. The van der Waals surface area contributed by atoms with E-state index in [0.29, 0.717) is 22.3 Å². The van der Waals surface area contributed by atoms with E-state index >= 15 is 0 Å². The Labute approximate surface area is 130 Å². The highest BCUT2D eigenvalue weighted by Crippen LogP contribution is 2.27. The SMILES string of the molecule is CCN(CC)CCNC(=O)COc1ccc(Cl)cc1Cl. The third kappa shape index (κ3) is 5.99. The number of rotatable bonds is 8. The van der Waals surface area contributed by atoms with Crippen LogP contribution in [0.4, 0.5) is 0 Å². The molecule has 6 heteroatoms. The summed E-state index contributed by atoms with van der Waals surface area (Å²) in [5, 5.41) is 3.74. The quantitative estimate of drug-likeness (QED) is 0.801. The minimum Gasteiger partial charge on any atom is -0.482 e. The van der Waals surface area contributed by atoms with Gasteiger partial charge in [0.15, 0.2) is 6.61 Å². The molecule has 1 aromatic carbocycles. The lowest BCUT2D eigenvalue weighted by atomic mass is 10.3. The number of carbonyl (C=O) groups is 1. The minimum atomic E-state index is -0.164. The number of ether oxygens (including phenoxy) is 1. The molecule has 0 aliphatic heterocycles. The topological polar surface area (TPSA) is 41.6 Å². The van der Waals surface area contributed by atoms with Crippen molar-refractivity contribution in [2.45, 2.75) is 13.8 Å². The first-order chi connectivity index (χ1) is 9.56. The van der Waals surface area contributed by atoms with E-state index in [9.17, 15) is 4.79 Å². The summed E-state index contributed by atoms with van der Waals surface area (Å²) in [6.45, 7) is 7.53. The lowest BCUT2D eigenvalue weighted by Crippen LogP contribution is -2.36. The van der Waals surface area contributed by atoms with Gasteiger partial charge in [-0.1, -0.05) is 37.0 Å². The van der Waals surface area contributed by atoms with Gasteiger partial charge in [0.25, 0.3) is 5.91 Å². The largest absolute Gasteiger partial charge is 0.482 e. The molecule has 1 amide bonds. The third-order valence-corrected chi connectivity index (χ3v) is 3.43. The second-order valence-electron chi connectivity index (χ2n) is 4.24. The molecule has 0 aliphatic rings. The van der Waals surface area contributed by atoms with Gasteiger partial charge in [0.05, 0.1) is 5.02 Å². The summed E-state index contributed by atoms with van der Waals surface area (Å²) in [4.78, 5) is 13.9. The number of hydrogen-bond acceptors (Lipinski definition) is 3. The van der Waals surface area contributed by atoms with E-state index in [-0.39, 0.29) is 12.5 Å². The Hall–Kier alpha value is -0.970. The van der Waals surface area contributed by atoms with Gasteiger partial charge in [-0.15, -0.1) is 0 Å². The van der Waals surface area contributed by atoms with Gasteiger partial charge < -0.3 is 15.0 Å². The van der Waals surface area contributed by atoms with Gasteiger partial charge in [0.1, 0.15) is 5.75 Å². The number of nitrogens with zero attached hydrogens (tertiary/aromatic N) is 1. The van der Waals surface area contributed by atoms with Crippen molar-refractivity contribution in [3.05, 3.63) is 28.2 Å². The van der Waals surface area contributed by atoms with E-state index in [4.69, 9.17) is 27.9 Å². The van der Waals surface area contributed by atoms with Crippen LogP contribution in [0.25, 0.3) is 0 Å². The van der Waals surface area contributed by atoms with Crippen LogP contribution in [0.1, 0.15) is 13.8 Å². The number of carbonyl (C=O) groups excluding carboxylic acids is 1. The van der Waals surface area contributed by atoms with Crippen molar-refractivity contribution in [3.8, 4) is 5.75 Å². The number of amides is 1. The summed E-state index contributed by atoms with van der Waals surface area (Å²) in [6.07, 6.45) is 0.